The van der Waals surface area contributed by atoms with Crippen molar-refractivity contribution in [1.82, 2.24) is 25.4 Å². The fraction of sp³-hybridized carbons (Fsp3) is 0.355. The highest BCUT2D eigenvalue weighted by molar-refractivity contribution is 6.00. The van der Waals surface area contributed by atoms with Crippen LogP contribution < -0.4 is 16.0 Å². The lowest BCUT2D eigenvalue weighted by Crippen LogP contribution is -2.30. The van der Waals surface area contributed by atoms with Gasteiger partial charge >= 0.3 is 0 Å². The number of amides is 2. The van der Waals surface area contributed by atoms with E-state index < -0.39 is 0 Å². The third-order valence-electron chi connectivity index (χ3n) is 7.33. The van der Waals surface area contributed by atoms with E-state index >= 15 is 0 Å². The predicted octanol–water partition coefficient (Wildman–Crippen LogP) is 4.60. The normalized spacial score (nSPS) is 13.7. The summed E-state index contributed by atoms with van der Waals surface area (Å²) in [5.41, 5.74) is 4.97. The smallest absolute Gasteiger partial charge is 0.251 e. The Morgan fingerprint density at radius 1 is 1.00 bits per heavy atom. The minimum atomic E-state index is -0.360. The second-order valence-corrected chi connectivity index (χ2v) is 10.1. The molecule has 0 unspecified atom stereocenters. The van der Waals surface area contributed by atoms with E-state index in [1.54, 1.807) is 36.4 Å². The van der Waals surface area contributed by atoms with Crippen molar-refractivity contribution in [3.63, 3.8) is 0 Å². The molecule has 4 aromatic rings. The van der Waals surface area contributed by atoms with Crippen LogP contribution in [0.5, 0.6) is 0 Å². The second kappa shape index (κ2) is 12.9. The van der Waals surface area contributed by atoms with Crippen molar-refractivity contribution in [3.05, 3.63) is 88.5 Å². The number of carbonyl (C=O) groups is 2. The van der Waals surface area contributed by atoms with Gasteiger partial charge in [-0.3, -0.25) is 9.59 Å². The Morgan fingerprint density at radius 3 is 2.39 bits per heavy atom. The van der Waals surface area contributed by atoms with E-state index in [9.17, 15) is 14.0 Å². The molecule has 214 valence electrons. The van der Waals surface area contributed by atoms with Crippen LogP contribution in [0.3, 0.4) is 0 Å². The molecule has 2 aromatic carbocycles. The molecule has 0 bridgehead atoms. The molecule has 5 rings (SSSR count). The number of carbonyl (C=O) groups excluding carboxylic acids is 2. The van der Waals surface area contributed by atoms with Crippen LogP contribution in [0.4, 0.5) is 10.1 Å². The number of pyridine rings is 1. The van der Waals surface area contributed by atoms with Crippen molar-refractivity contribution in [1.29, 1.82) is 0 Å². The maximum absolute atomic E-state index is 13.5. The molecule has 3 heterocycles. The number of aromatic nitrogens is 3. The van der Waals surface area contributed by atoms with Crippen LogP contribution in [-0.4, -0.2) is 45.8 Å². The zero-order chi connectivity index (χ0) is 28.8. The monoisotopic (exact) mass is 558 g/mol. The molecular formula is C31H35FN6O3. The van der Waals surface area contributed by atoms with Gasteiger partial charge in [-0.25, -0.2) is 14.1 Å². The van der Waals surface area contributed by atoms with Gasteiger partial charge in [-0.1, -0.05) is 25.1 Å². The minimum Gasteiger partial charge on any atom is -0.381 e. The van der Waals surface area contributed by atoms with E-state index in [2.05, 4.69) is 28.0 Å². The Hall–Kier alpha value is -4.31. The van der Waals surface area contributed by atoms with Crippen LogP contribution in [0.2, 0.25) is 0 Å². The molecule has 10 heteroatoms. The van der Waals surface area contributed by atoms with Gasteiger partial charge in [0.05, 0.1) is 17.3 Å². The average Bonchev–Trinajstić information content (AvgIpc) is 3.42. The molecule has 2 amide bonds. The zero-order valence-electron chi connectivity index (χ0n) is 23.4. The number of ether oxygens (including phenoxy) is 1. The molecule has 0 saturated carbocycles. The summed E-state index contributed by atoms with van der Waals surface area (Å²) in [6, 6.07) is 12.9. The number of nitrogens with one attached hydrogen (secondary N) is 3. The highest BCUT2D eigenvalue weighted by atomic mass is 19.1. The Kier molecular flexibility index (Phi) is 8.88. The lowest BCUT2D eigenvalue weighted by Gasteiger charge is -2.26. The highest BCUT2D eigenvalue weighted by Crippen LogP contribution is 2.31. The second-order valence-electron chi connectivity index (χ2n) is 10.1. The number of nitrogens with zero attached hydrogens (tertiary/aromatic N) is 3. The van der Waals surface area contributed by atoms with E-state index in [0.29, 0.717) is 42.9 Å². The number of fused-ring (bicyclic) bond motifs is 1. The third kappa shape index (κ3) is 6.54. The number of benzene rings is 2. The summed E-state index contributed by atoms with van der Waals surface area (Å²) in [5.74, 6) is -1.00. The van der Waals surface area contributed by atoms with Crippen LogP contribution in [0.25, 0.3) is 11.0 Å². The fourth-order valence-electron chi connectivity index (χ4n) is 5.10. The van der Waals surface area contributed by atoms with Crippen molar-refractivity contribution in [2.45, 2.75) is 58.8 Å². The first-order valence-electron chi connectivity index (χ1n) is 14.1. The number of aryl methyl sites for hydroxylation is 2. The quantitative estimate of drug-likeness (QED) is 0.262. The molecule has 41 heavy (non-hydrogen) atoms. The van der Waals surface area contributed by atoms with E-state index in [-0.39, 0.29) is 36.8 Å². The number of anilines is 1. The topological polar surface area (TPSA) is 110 Å². The molecule has 1 aliphatic rings. The van der Waals surface area contributed by atoms with Crippen molar-refractivity contribution in [2.75, 3.05) is 18.5 Å². The summed E-state index contributed by atoms with van der Waals surface area (Å²) in [6.07, 6.45) is 4.32. The summed E-state index contributed by atoms with van der Waals surface area (Å²) in [5, 5.41) is 15.0. The number of halogens is 1. The van der Waals surface area contributed by atoms with Crippen LogP contribution in [-0.2, 0) is 30.8 Å². The molecular weight excluding hydrogens is 523 g/mol. The van der Waals surface area contributed by atoms with E-state index in [1.165, 1.54) is 12.1 Å². The summed E-state index contributed by atoms with van der Waals surface area (Å²) in [4.78, 5) is 30.9. The molecule has 1 saturated heterocycles. The van der Waals surface area contributed by atoms with Crippen LogP contribution in [0, 0.1) is 5.82 Å². The summed E-state index contributed by atoms with van der Waals surface area (Å²) in [7, 11) is 0. The Balaban J connectivity index is 1.34. The van der Waals surface area contributed by atoms with Crippen molar-refractivity contribution in [3.8, 4) is 0 Å². The molecule has 9 nitrogen and oxygen atoms in total. The first kappa shape index (κ1) is 28.2. The molecule has 1 aliphatic heterocycles. The van der Waals surface area contributed by atoms with Crippen molar-refractivity contribution in [2.24, 2.45) is 0 Å². The van der Waals surface area contributed by atoms with Crippen LogP contribution >= 0.6 is 0 Å². The first-order valence-corrected chi connectivity index (χ1v) is 14.1. The maximum atomic E-state index is 13.5. The molecule has 3 N–H and O–H groups in total. The molecule has 1 fully saturated rings. The van der Waals surface area contributed by atoms with Gasteiger partial charge in [0.25, 0.3) is 11.8 Å². The lowest BCUT2D eigenvalue weighted by atomic mass is 10.0. The maximum Gasteiger partial charge on any atom is 0.251 e. The van der Waals surface area contributed by atoms with Crippen LogP contribution in [0.15, 0.2) is 54.7 Å². The summed E-state index contributed by atoms with van der Waals surface area (Å²) in [6.45, 7) is 6.66. The molecule has 2 aromatic heterocycles. The van der Waals surface area contributed by atoms with E-state index in [4.69, 9.17) is 9.72 Å². The van der Waals surface area contributed by atoms with Gasteiger partial charge in [-0.05, 0) is 62.1 Å². The number of hydrogen-bond donors (Lipinski definition) is 3. The Morgan fingerprint density at radius 2 is 1.71 bits per heavy atom. The molecule has 0 aliphatic carbocycles. The largest absolute Gasteiger partial charge is 0.381 e. The zero-order valence-corrected chi connectivity index (χ0v) is 23.4. The van der Waals surface area contributed by atoms with Gasteiger partial charge in [0, 0.05) is 61.3 Å². The minimum absolute atomic E-state index is 0.180. The SMILES string of the molecule is CCc1nc2c(cnn2CC)c(NC2CCOCC2)c1CNC(=O)c1cccc(C(=O)NCc2cccc(F)c2)c1. The van der Waals surface area contributed by atoms with Gasteiger partial charge in [0.1, 0.15) is 5.82 Å². The van der Waals surface area contributed by atoms with Crippen molar-refractivity contribution >= 4 is 28.5 Å². The fourth-order valence-corrected chi connectivity index (χ4v) is 5.10. The molecule has 0 spiro atoms. The average molecular weight is 559 g/mol. The van der Waals surface area contributed by atoms with Crippen LogP contribution in [0.1, 0.15) is 64.2 Å². The summed E-state index contributed by atoms with van der Waals surface area (Å²) < 4.78 is 20.9. The van der Waals surface area contributed by atoms with E-state index in [1.807, 2.05) is 17.8 Å². The van der Waals surface area contributed by atoms with E-state index in [0.717, 1.165) is 40.8 Å². The standard InChI is InChI=1S/C31H35FN6O3/c1-3-27-25(28(36-24-11-13-41-14-12-24)26-19-35-38(4-2)29(26)37-27)18-34-31(40)22-9-6-8-21(16-22)30(39)33-17-20-7-5-10-23(32)15-20/h5-10,15-16,19,24H,3-4,11-14,17-18H2,1-2H3,(H,33,39)(H,34,40)(H,36,37). The molecule has 0 atom stereocenters. The number of hydrogen-bond acceptors (Lipinski definition) is 6. The first-order chi connectivity index (χ1) is 20.0. The highest BCUT2D eigenvalue weighted by Gasteiger charge is 2.22. The molecule has 0 radical (unpaired) electrons. The number of rotatable bonds is 10. The Bertz CT molecular complexity index is 1550. The van der Waals surface area contributed by atoms with Gasteiger partial charge in [0.15, 0.2) is 5.65 Å². The lowest BCUT2D eigenvalue weighted by molar-refractivity contribution is 0.0904. The third-order valence-corrected chi connectivity index (χ3v) is 7.33. The van der Waals surface area contributed by atoms with Gasteiger partial charge in [0.2, 0.25) is 0 Å². The van der Waals surface area contributed by atoms with Gasteiger partial charge in [-0.2, -0.15) is 5.10 Å². The Labute approximate surface area is 238 Å². The van der Waals surface area contributed by atoms with Gasteiger partial charge < -0.3 is 20.7 Å². The predicted molar refractivity (Wildman–Crippen MR) is 155 cm³/mol. The van der Waals surface area contributed by atoms with Crippen molar-refractivity contribution < 1.29 is 18.7 Å². The summed E-state index contributed by atoms with van der Waals surface area (Å²) >= 11 is 0. The van der Waals surface area contributed by atoms with Gasteiger partial charge in [-0.15, -0.1) is 0 Å².